The highest BCUT2D eigenvalue weighted by atomic mass is 19.4. The van der Waals surface area contributed by atoms with E-state index in [0.717, 1.165) is 23.8 Å². The molecule has 2 N–H and O–H groups in total. The Bertz CT molecular complexity index is 1650. The normalized spacial score (nSPS) is 22.5. The summed E-state index contributed by atoms with van der Waals surface area (Å²) < 4.78 is 82.5. The lowest BCUT2D eigenvalue weighted by Gasteiger charge is -2.33. The summed E-state index contributed by atoms with van der Waals surface area (Å²) in [5.74, 6) is -0.475. The van der Waals surface area contributed by atoms with Crippen molar-refractivity contribution in [3.05, 3.63) is 54.2 Å². The van der Waals surface area contributed by atoms with Crippen LogP contribution in [0.5, 0.6) is 0 Å². The van der Waals surface area contributed by atoms with Crippen molar-refractivity contribution in [3.8, 4) is 11.5 Å². The Morgan fingerprint density at radius 1 is 1.20 bits per heavy atom. The van der Waals surface area contributed by atoms with E-state index in [0.29, 0.717) is 29.6 Å². The molecule has 10 nitrogen and oxygen atoms in total. The van der Waals surface area contributed by atoms with Gasteiger partial charge in [-0.2, -0.15) is 18.2 Å². The van der Waals surface area contributed by atoms with Crippen LogP contribution in [-0.4, -0.2) is 88.0 Å². The fourth-order valence-corrected chi connectivity index (χ4v) is 6.44. The lowest BCUT2D eigenvalue weighted by Crippen LogP contribution is -2.46. The fourth-order valence-electron chi connectivity index (χ4n) is 6.44. The first kappa shape index (κ1) is 32.0. The molecule has 0 spiro atoms. The number of hydrogen-bond donors (Lipinski definition) is 2. The molecule has 3 aromatic heterocycles. The number of nitrogens with one attached hydrogen (secondary N) is 2. The minimum atomic E-state index is -4.54. The summed E-state index contributed by atoms with van der Waals surface area (Å²) in [6.45, 7) is -1.01. The van der Waals surface area contributed by atoms with Crippen molar-refractivity contribution in [1.29, 1.82) is 0 Å². The first-order chi connectivity index (χ1) is 22.1. The summed E-state index contributed by atoms with van der Waals surface area (Å²) in [6, 6.07) is 7.62. The van der Waals surface area contributed by atoms with Crippen LogP contribution in [0, 0.1) is 0 Å². The molecule has 0 unspecified atom stereocenters. The third-order valence-corrected chi connectivity index (χ3v) is 8.65. The number of piperidine rings is 1. The molecule has 1 saturated heterocycles. The summed E-state index contributed by atoms with van der Waals surface area (Å²) in [5.41, 5.74) is 1.25. The van der Waals surface area contributed by atoms with Crippen LogP contribution in [0.25, 0.3) is 22.4 Å². The number of hydrogen-bond acceptors (Lipinski definition) is 7. The minimum absolute atomic E-state index is 0.00650. The molecule has 1 amide bonds. The van der Waals surface area contributed by atoms with Crippen molar-refractivity contribution < 1.29 is 36.0 Å². The Hall–Kier alpha value is -3.98. The van der Waals surface area contributed by atoms with Crippen LogP contribution < -0.4 is 10.6 Å². The number of likely N-dealkylation sites (tertiary alicyclic amines) is 1. The van der Waals surface area contributed by atoms with Crippen LogP contribution in [0.4, 0.5) is 27.6 Å². The molecule has 248 valence electrons. The van der Waals surface area contributed by atoms with Crippen LogP contribution >= 0.6 is 0 Å². The predicted molar refractivity (Wildman–Crippen MR) is 160 cm³/mol. The van der Waals surface area contributed by atoms with Gasteiger partial charge in [0.1, 0.15) is 19.4 Å². The second kappa shape index (κ2) is 13.4. The summed E-state index contributed by atoms with van der Waals surface area (Å²) >= 11 is 0. The molecule has 2 aliphatic rings. The molecule has 4 aromatic rings. The zero-order valence-electron chi connectivity index (χ0n) is 25.3. The number of nitrogens with zero attached hydrogens (tertiary/aromatic N) is 5. The Morgan fingerprint density at radius 2 is 2.04 bits per heavy atom. The van der Waals surface area contributed by atoms with E-state index in [1.54, 1.807) is 36.7 Å². The fraction of sp³-hybridized carbons (Fsp3) is 0.516. The Balaban J connectivity index is 1.18. The van der Waals surface area contributed by atoms with Crippen molar-refractivity contribution in [2.45, 2.75) is 69.3 Å². The largest absolute Gasteiger partial charge is 0.406 e. The van der Waals surface area contributed by atoms with Gasteiger partial charge in [-0.25, -0.2) is 8.78 Å². The van der Waals surface area contributed by atoms with Crippen LogP contribution in [0.15, 0.2) is 47.2 Å². The number of ether oxygens (including phenoxy) is 1. The maximum absolute atomic E-state index is 14.8. The first-order valence-electron chi connectivity index (χ1n) is 15.3. The van der Waals surface area contributed by atoms with E-state index in [-0.39, 0.29) is 54.8 Å². The highest BCUT2D eigenvalue weighted by Gasteiger charge is 2.33. The van der Waals surface area contributed by atoms with Crippen LogP contribution in [0.2, 0.25) is 0 Å². The van der Waals surface area contributed by atoms with Crippen LogP contribution in [0.1, 0.15) is 48.0 Å². The van der Waals surface area contributed by atoms with E-state index in [9.17, 15) is 26.7 Å². The van der Waals surface area contributed by atoms with Crippen molar-refractivity contribution >= 4 is 22.5 Å². The number of amides is 1. The zero-order valence-corrected chi connectivity index (χ0v) is 25.3. The second-order valence-electron chi connectivity index (χ2n) is 11.9. The number of halogens is 5. The van der Waals surface area contributed by atoms with E-state index >= 15 is 0 Å². The molecule has 1 saturated carbocycles. The number of benzene rings is 1. The third-order valence-electron chi connectivity index (χ3n) is 8.65. The number of anilines is 1. The van der Waals surface area contributed by atoms with Gasteiger partial charge in [0.05, 0.1) is 48.1 Å². The molecule has 6 rings (SSSR count). The van der Waals surface area contributed by atoms with E-state index in [1.807, 2.05) is 16.5 Å². The summed E-state index contributed by atoms with van der Waals surface area (Å²) in [6.07, 6.45) is 0.845. The van der Waals surface area contributed by atoms with Gasteiger partial charge in [0.2, 0.25) is 11.7 Å². The molecular formula is C31H36F5N7O3. The molecule has 1 aliphatic carbocycles. The van der Waals surface area contributed by atoms with Gasteiger partial charge < -0.3 is 33.9 Å². The van der Waals surface area contributed by atoms with Gasteiger partial charge in [0.25, 0.3) is 5.91 Å². The average molecular weight is 650 g/mol. The Labute approximate surface area is 261 Å². The second-order valence-corrected chi connectivity index (χ2v) is 11.9. The number of alkyl halides is 5. The number of aromatic nitrogens is 4. The SMILES string of the molecule is CN1CC[C@@H](Nc2cccc3c2cc(-c2noc(CNC(=O)c4ccn([C@@H]5CCC[C@H]5OCCF)c4)n2)n3CC(F)(F)F)[C@@H](F)C1. The van der Waals surface area contributed by atoms with Gasteiger partial charge in [-0.05, 0) is 57.0 Å². The Kier molecular flexibility index (Phi) is 9.32. The highest BCUT2D eigenvalue weighted by molar-refractivity contribution is 5.96. The van der Waals surface area contributed by atoms with Gasteiger partial charge in [0.15, 0.2) is 0 Å². The van der Waals surface area contributed by atoms with Crippen molar-refractivity contribution in [1.82, 2.24) is 29.5 Å². The standard InChI is InChI=1S/C31H36F5N7O3/c1-41-11-9-23(21(33)17-41)38-22-4-2-5-24-20(22)14-26(43(24)18-31(34,35)36)29-39-28(46-40-29)15-37-30(44)19-8-12-42(16-19)25-6-3-7-27(25)45-13-10-32/h2,4-5,8,12,14,16,21,23,25,27,38H,3,6-7,9-11,13,15,17-18H2,1H3,(H,37,44)/t21-,23+,25+,27+/m0/s1. The van der Waals surface area contributed by atoms with Gasteiger partial charge in [-0.15, -0.1) is 0 Å². The van der Waals surface area contributed by atoms with Gasteiger partial charge in [-0.1, -0.05) is 11.2 Å². The topological polar surface area (TPSA) is 102 Å². The predicted octanol–water partition coefficient (Wildman–Crippen LogP) is 5.52. The molecule has 1 aromatic carbocycles. The maximum Gasteiger partial charge on any atom is 0.406 e. The molecule has 2 fully saturated rings. The van der Waals surface area contributed by atoms with Gasteiger partial charge in [0, 0.05) is 36.6 Å². The Morgan fingerprint density at radius 3 is 2.83 bits per heavy atom. The number of carbonyl (C=O) groups is 1. The molecule has 0 bridgehead atoms. The average Bonchev–Trinajstić information content (AvgIpc) is 3.82. The molecule has 15 heteroatoms. The highest BCUT2D eigenvalue weighted by Crippen LogP contribution is 2.35. The minimum Gasteiger partial charge on any atom is -0.379 e. The summed E-state index contributed by atoms with van der Waals surface area (Å²) in [7, 11) is 1.84. The molecule has 4 atom stereocenters. The molecular weight excluding hydrogens is 613 g/mol. The van der Waals surface area contributed by atoms with Crippen molar-refractivity contribution in [3.63, 3.8) is 0 Å². The van der Waals surface area contributed by atoms with E-state index in [1.165, 1.54) is 6.07 Å². The van der Waals surface area contributed by atoms with Crippen LogP contribution in [0.3, 0.4) is 0 Å². The summed E-state index contributed by atoms with van der Waals surface area (Å²) in [4.78, 5) is 19.1. The number of rotatable bonds is 11. The van der Waals surface area contributed by atoms with E-state index in [4.69, 9.17) is 9.26 Å². The smallest absolute Gasteiger partial charge is 0.379 e. The van der Waals surface area contributed by atoms with E-state index < -0.39 is 37.5 Å². The monoisotopic (exact) mass is 649 g/mol. The van der Waals surface area contributed by atoms with Crippen molar-refractivity contribution in [2.75, 3.05) is 38.7 Å². The lowest BCUT2D eigenvalue weighted by atomic mass is 10.0. The van der Waals surface area contributed by atoms with Crippen LogP contribution in [-0.2, 0) is 17.8 Å². The van der Waals surface area contributed by atoms with Gasteiger partial charge in [-0.3, -0.25) is 4.79 Å². The first-order valence-corrected chi connectivity index (χ1v) is 15.3. The van der Waals surface area contributed by atoms with E-state index in [2.05, 4.69) is 20.8 Å². The molecule has 1 aliphatic heterocycles. The quantitative estimate of drug-likeness (QED) is 0.207. The summed E-state index contributed by atoms with van der Waals surface area (Å²) in [5, 5.41) is 10.3. The lowest BCUT2D eigenvalue weighted by molar-refractivity contribution is -0.139. The van der Waals surface area contributed by atoms with Gasteiger partial charge >= 0.3 is 6.18 Å². The maximum atomic E-state index is 14.8. The molecule has 4 heterocycles. The zero-order chi connectivity index (χ0) is 32.4. The van der Waals surface area contributed by atoms with Crippen molar-refractivity contribution in [2.24, 2.45) is 0 Å². The molecule has 0 radical (unpaired) electrons. The third kappa shape index (κ3) is 7.04. The number of fused-ring (bicyclic) bond motifs is 1. The number of carbonyl (C=O) groups excluding carboxylic acids is 1. The molecule has 46 heavy (non-hydrogen) atoms.